The summed E-state index contributed by atoms with van der Waals surface area (Å²) >= 11 is 1.57. The summed E-state index contributed by atoms with van der Waals surface area (Å²) in [5.74, 6) is 0.198. The highest BCUT2D eigenvalue weighted by atomic mass is 32.2. The van der Waals surface area contributed by atoms with Crippen molar-refractivity contribution in [3.63, 3.8) is 0 Å². The van der Waals surface area contributed by atoms with E-state index in [9.17, 15) is 13.6 Å². The molecule has 8 heteroatoms. The quantitative estimate of drug-likeness (QED) is 0.372. The summed E-state index contributed by atoms with van der Waals surface area (Å²) in [4.78, 5) is 20.3. The second-order valence-corrected chi connectivity index (χ2v) is 7.34. The van der Waals surface area contributed by atoms with Crippen LogP contribution in [0.3, 0.4) is 0 Å². The van der Waals surface area contributed by atoms with E-state index >= 15 is 0 Å². The van der Waals surface area contributed by atoms with E-state index in [1.54, 1.807) is 36.0 Å². The molecule has 3 aromatic carbocycles. The number of benzene rings is 3. The van der Waals surface area contributed by atoms with Crippen molar-refractivity contribution in [2.24, 2.45) is 0 Å². The van der Waals surface area contributed by atoms with E-state index in [4.69, 9.17) is 0 Å². The van der Waals surface area contributed by atoms with Crippen molar-refractivity contribution in [3.05, 3.63) is 83.9 Å². The van der Waals surface area contributed by atoms with E-state index in [0.717, 1.165) is 21.8 Å². The molecule has 0 fully saturated rings. The summed E-state index contributed by atoms with van der Waals surface area (Å²) in [6, 6.07) is 21.0. The number of para-hydroxylation sites is 4. The van der Waals surface area contributed by atoms with E-state index in [0.29, 0.717) is 11.3 Å². The van der Waals surface area contributed by atoms with Gasteiger partial charge in [-0.05, 0) is 42.0 Å². The minimum atomic E-state index is -2.97. The molecule has 0 atom stereocenters. The number of amides is 1. The SMILES string of the molecule is O=C(Nc1ccccc1OC(F)F)c1ccc(CSc2nc3ccccc3[nH]2)cc1. The fourth-order valence-electron chi connectivity index (χ4n) is 2.86. The van der Waals surface area contributed by atoms with Gasteiger partial charge in [0.2, 0.25) is 0 Å². The third-order valence-electron chi connectivity index (χ3n) is 4.31. The molecule has 0 saturated carbocycles. The van der Waals surface area contributed by atoms with Crippen molar-refractivity contribution < 1.29 is 18.3 Å². The second-order valence-electron chi connectivity index (χ2n) is 6.37. The van der Waals surface area contributed by atoms with Gasteiger partial charge >= 0.3 is 6.61 Å². The third-order valence-corrected chi connectivity index (χ3v) is 5.26. The molecular weight excluding hydrogens is 408 g/mol. The Balaban J connectivity index is 1.39. The van der Waals surface area contributed by atoms with Crippen LogP contribution in [0, 0.1) is 0 Å². The summed E-state index contributed by atoms with van der Waals surface area (Å²) in [7, 11) is 0. The Labute approximate surface area is 175 Å². The van der Waals surface area contributed by atoms with Gasteiger partial charge in [0, 0.05) is 11.3 Å². The summed E-state index contributed by atoms with van der Waals surface area (Å²) < 4.78 is 29.5. The topological polar surface area (TPSA) is 67.0 Å². The number of ether oxygens (including phenoxy) is 1. The lowest BCUT2D eigenvalue weighted by Gasteiger charge is -2.11. The van der Waals surface area contributed by atoms with Gasteiger partial charge in [-0.2, -0.15) is 8.78 Å². The minimum Gasteiger partial charge on any atom is -0.433 e. The summed E-state index contributed by atoms with van der Waals surface area (Å²) in [6.45, 7) is -2.97. The first-order valence-electron chi connectivity index (χ1n) is 9.10. The second kappa shape index (κ2) is 8.96. The number of carbonyl (C=O) groups is 1. The van der Waals surface area contributed by atoms with Crippen LogP contribution in [0.25, 0.3) is 11.0 Å². The summed E-state index contributed by atoms with van der Waals surface area (Å²) in [5, 5.41) is 3.43. The Bertz CT molecular complexity index is 1130. The Morgan fingerprint density at radius 2 is 1.77 bits per heavy atom. The van der Waals surface area contributed by atoms with Gasteiger partial charge in [0.15, 0.2) is 5.16 Å². The average Bonchev–Trinajstić information content (AvgIpc) is 3.17. The van der Waals surface area contributed by atoms with E-state index in [-0.39, 0.29) is 11.4 Å². The zero-order valence-electron chi connectivity index (χ0n) is 15.6. The molecule has 0 spiro atoms. The van der Waals surface area contributed by atoms with Crippen molar-refractivity contribution in [1.29, 1.82) is 0 Å². The molecule has 0 aliphatic carbocycles. The molecular formula is C22H17F2N3O2S. The summed E-state index contributed by atoms with van der Waals surface area (Å²) in [6.07, 6.45) is 0. The number of halogens is 2. The molecule has 1 heterocycles. The highest BCUT2D eigenvalue weighted by molar-refractivity contribution is 7.98. The number of carbonyl (C=O) groups excluding carboxylic acids is 1. The van der Waals surface area contributed by atoms with Crippen LogP contribution in [0.4, 0.5) is 14.5 Å². The molecule has 0 saturated heterocycles. The lowest BCUT2D eigenvalue weighted by atomic mass is 10.1. The highest BCUT2D eigenvalue weighted by Gasteiger charge is 2.13. The van der Waals surface area contributed by atoms with Gasteiger partial charge in [-0.25, -0.2) is 4.98 Å². The molecule has 1 amide bonds. The molecule has 0 aliphatic heterocycles. The Morgan fingerprint density at radius 3 is 2.53 bits per heavy atom. The van der Waals surface area contributed by atoms with Crippen molar-refractivity contribution in [3.8, 4) is 5.75 Å². The van der Waals surface area contributed by atoms with Gasteiger partial charge in [-0.3, -0.25) is 4.79 Å². The van der Waals surface area contributed by atoms with Gasteiger partial charge in [0.25, 0.3) is 5.91 Å². The number of anilines is 1. The average molecular weight is 425 g/mol. The fourth-order valence-corrected chi connectivity index (χ4v) is 3.71. The number of imidazole rings is 1. The number of hydrogen-bond acceptors (Lipinski definition) is 4. The zero-order valence-corrected chi connectivity index (χ0v) is 16.5. The number of alkyl halides is 2. The van der Waals surface area contributed by atoms with Crippen LogP contribution in [-0.2, 0) is 5.75 Å². The Hall–Kier alpha value is -3.39. The monoisotopic (exact) mass is 425 g/mol. The molecule has 0 bridgehead atoms. The molecule has 4 rings (SSSR count). The Kier molecular flexibility index (Phi) is 5.94. The van der Waals surface area contributed by atoms with Gasteiger partial charge in [-0.15, -0.1) is 0 Å². The van der Waals surface area contributed by atoms with Crippen molar-refractivity contribution in [2.75, 3.05) is 5.32 Å². The lowest BCUT2D eigenvalue weighted by Crippen LogP contribution is -2.13. The molecule has 1 aromatic heterocycles. The number of thioether (sulfide) groups is 1. The minimum absolute atomic E-state index is 0.0836. The van der Waals surface area contributed by atoms with Crippen molar-refractivity contribution in [1.82, 2.24) is 9.97 Å². The molecule has 5 nitrogen and oxygen atoms in total. The molecule has 2 N–H and O–H groups in total. The van der Waals surface area contributed by atoms with Crippen LogP contribution in [0.5, 0.6) is 5.75 Å². The summed E-state index contributed by atoms with van der Waals surface area (Å²) in [5.41, 5.74) is 3.54. The van der Waals surface area contributed by atoms with Gasteiger partial charge in [0.1, 0.15) is 5.75 Å². The highest BCUT2D eigenvalue weighted by Crippen LogP contribution is 2.26. The van der Waals surface area contributed by atoms with Crippen LogP contribution in [0.2, 0.25) is 0 Å². The van der Waals surface area contributed by atoms with Crippen LogP contribution in [-0.4, -0.2) is 22.5 Å². The third kappa shape index (κ3) is 4.77. The first-order valence-corrected chi connectivity index (χ1v) is 10.1. The number of H-pyrrole nitrogens is 1. The number of nitrogens with one attached hydrogen (secondary N) is 2. The van der Waals surface area contributed by atoms with Crippen molar-refractivity contribution >= 4 is 34.4 Å². The van der Waals surface area contributed by atoms with Crippen LogP contribution < -0.4 is 10.1 Å². The first kappa shape index (κ1) is 19.9. The van der Waals surface area contributed by atoms with E-state index < -0.39 is 12.5 Å². The number of aromatic nitrogens is 2. The molecule has 152 valence electrons. The smallest absolute Gasteiger partial charge is 0.387 e. The Morgan fingerprint density at radius 1 is 1.03 bits per heavy atom. The van der Waals surface area contributed by atoms with Crippen molar-refractivity contribution in [2.45, 2.75) is 17.5 Å². The predicted molar refractivity (Wildman–Crippen MR) is 113 cm³/mol. The maximum absolute atomic E-state index is 12.5. The maximum atomic E-state index is 12.5. The first-order chi connectivity index (χ1) is 14.6. The molecule has 0 radical (unpaired) electrons. The van der Waals surface area contributed by atoms with E-state index in [2.05, 4.69) is 20.0 Å². The zero-order chi connectivity index (χ0) is 20.9. The predicted octanol–water partition coefficient (Wildman–Crippen LogP) is 5.71. The van der Waals surface area contributed by atoms with Gasteiger partial charge in [0.05, 0.1) is 16.7 Å². The molecule has 4 aromatic rings. The maximum Gasteiger partial charge on any atom is 0.387 e. The van der Waals surface area contributed by atoms with Crippen LogP contribution in [0.1, 0.15) is 15.9 Å². The van der Waals surface area contributed by atoms with E-state index in [1.165, 1.54) is 12.1 Å². The van der Waals surface area contributed by atoms with Gasteiger partial charge < -0.3 is 15.0 Å². The van der Waals surface area contributed by atoms with Gasteiger partial charge in [-0.1, -0.05) is 48.2 Å². The largest absolute Gasteiger partial charge is 0.433 e. The molecule has 30 heavy (non-hydrogen) atoms. The number of hydrogen-bond donors (Lipinski definition) is 2. The van der Waals surface area contributed by atoms with Crippen LogP contribution in [0.15, 0.2) is 78.0 Å². The normalized spacial score (nSPS) is 11.0. The molecule has 0 unspecified atom stereocenters. The van der Waals surface area contributed by atoms with E-state index in [1.807, 2.05) is 36.4 Å². The van der Waals surface area contributed by atoms with Crippen LogP contribution >= 0.6 is 11.8 Å². The number of fused-ring (bicyclic) bond motifs is 1. The number of rotatable bonds is 7. The molecule has 0 aliphatic rings. The number of aromatic amines is 1. The lowest BCUT2D eigenvalue weighted by molar-refractivity contribution is -0.0493. The number of nitrogens with zero attached hydrogens (tertiary/aromatic N) is 1. The fraction of sp³-hybridized carbons (Fsp3) is 0.0909. The standard InChI is InChI=1S/C22H17F2N3O2S/c23-21(24)29-19-8-4-3-7-18(19)25-20(28)15-11-9-14(10-12-15)13-30-22-26-16-5-1-2-6-17(16)27-22/h1-12,21H,13H2,(H,25,28)(H,26,27).